The molecule has 1 aliphatic heterocycles. The van der Waals surface area contributed by atoms with Crippen molar-refractivity contribution in [3.05, 3.63) is 59.5 Å². The molecule has 1 aliphatic rings. The summed E-state index contributed by atoms with van der Waals surface area (Å²) >= 11 is 0. The smallest absolute Gasteiger partial charge is 0.259 e. The number of hydrogen-bond acceptors (Lipinski definition) is 7. The summed E-state index contributed by atoms with van der Waals surface area (Å²) in [6.45, 7) is 7.90. The van der Waals surface area contributed by atoms with Crippen molar-refractivity contribution in [3.8, 4) is 11.5 Å². The quantitative estimate of drug-likeness (QED) is 0.520. The van der Waals surface area contributed by atoms with E-state index in [2.05, 4.69) is 44.4 Å². The Morgan fingerprint density at radius 1 is 1.09 bits per heavy atom. The molecule has 3 aromatic heterocycles. The summed E-state index contributed by atoms with van der Waals surface area (Å²) in [4.78, 5) is 22.5. The second-order valence-corrected chi connectivity index (χ2v) is 8.22. The Labute approximate surface area is 185 Å². The van der Waals surface area contributed by atoms with Crippen molar-refractivity contribution in [2.45, 2.75) is 13.8 Å². The zero-order valence-corrected chi connectivity index (χ0v) is 18.4. The van der Waals surface area contributed by atoms with E-state index >= 15 is 0 Å². The topological polar surface area (TPSA) is 87.6 Å². The lowest BCUT2D eigenvalue weighted by atomic mass is 10.1. The van der Waals surface area contributed by atoms with Gasteiger partial charge in [0.2, 0.25) is 0 Å². The molecule has 0 radical (unpaired) electrons. The van der Waals surface area contributed by atoms with E-state index in [1.807, 2.05) is 13.0 Å². The summed E-state index contributed by atoms with van der Waals surface area (Å²) in [6.07, 6.45) is 1.57. The summed E-state index contributed by atoms with van der Waals surface area (Å²) in [7, 11) is 2.14. The van der Waals surface area contributed by atoms with Crippen LogP contribution in [0.2, 0.25) is 0 Å². The van der Waals surface area contributed by atoms with Crippen LogP contribution in [-0.4, -0.2) is 54.2 Å². The second kappa shape index (κ2) is 8.12. The van der Waals surface area contributed by atoms with Gasteiger partial charge in [-0.05, 0) is 62.9 Å². The highest BCUT2D eigenvalue weighted by Crippen LogP contribution is 2.29. The van der Waals surface area contributed by atoms with Crippen molar-refractivity contribution in [1.29, 1.82) is 0 Å². The van der Waals surface area contributed by atoms with Crippen molar-refractivity contribution in [2.75, 3.05) is 43.4 Å². The number of aryl methyl sites for hydroxylation is 2. The lowest BCUT2D eigenvalue weighted by Gasteiger charge is -2.34. The monoisotopic (exact) mass is 431 g/mol. The molecule has 0 unspecified atom stereocenters. The van der Waals surface area contributed by atoms with Crippen molar-refractivity contribution in [2.24, 2.45) is 0 Å². The number of anilines is 2. The van der Waals surface area contributed by atoms with Crippen LogP contribution in [0.25, 0.3) is 22.6 Å². The number of carbonyl (C=O) groups is 1. The van der Waals surface area contributed by atoms with Crippen molar-refractivity contribution < 1.29 is 13.7 Å². The summed E-state index contributed by atoms with van der Waals surface area (Å²) in [5, 5.41) is 7.65. The second-order valence-electron chi connectivity index (χ2n) is 8.22. The van der Waals surface area contributed by atoms with Crippen LogP contribution in [0.1, 0.15) is 21.6 Å². The molecule has 8 nitrogen and oxygen atoms in total. The highest BCUT2D eigenvalue weighted by Gasteiger charge is 2.21. The molecule has 5 rings (SSSR count). The Kier molecular flexibility index (Phi) is 5.14. The maximum atomic E-state index is 13.3. The van der Waals surface area contributed by atoms with Crippen molar-refractivity contribution >= 4 is 28.4 Å². The van der Waals surface area contributed by atoms with Crippen LogP contribution in [0.4, 0.5) is 11.4 Å². The maximum Gasteiger partial charge on any atom is 0.259 e. The van der Waals surface area contributed by atoms with Crippen molar-refractivity contribution in [1.82, 2.24) is 15.0 Å². The average molecular weight is 431 g/mol. The molecule has 4 aromatic rings. The van der Waals surface area contributed by atoms with Crippen LogP contribution in [0.15, 0.2) is 51.6 Å². The van der Waals surface area contributed by atoms with Gasteiger partial charge >= 0.3 is 0 Å². The first-order valence-corrected chi connectivity index (χ1v) is 10.7. The Balaban J connectivity index is 1.44. The van der Waals surface area contributed by atoms with Crippen LogP contribution in [0.3, 0.4) is 0 Å². The molecule has 0 saturated carbocycles. The first-order chi connectivity index (χ1) is 15.5. The summed E-state index contributed by atoms with van der Waals surface area (Å²) in [6, 6.07) is 11.4. The number of nitrogens with zero attached hydrogens (tertiary/aromatic N) is 4. The van der Waals surface area contributed by atoms with Crippen LogP contribution >= 0.6 is 0 Å². The third kappa shape index (κ3) is 3.73. The third-order valence-electron chi connectivity index (χ3n) is 5.96. The van der Waals surface area contributed by atoms with Crippen LogP contribution in [0, 0.1) is 13.8 Å². The molecule has 8 heteroatoms. The predicted octanol–water partition coefficient (Wildman–Crippen LogP) is 4.10. The Morgan fingerprint density at radius 3 is 2.62 bits per heavy atom. The van der Waals surface area contributed by atoms with E-state index in [0.29, 0.717) is 33.8 Å². The number of amides is 1. The molecule has 164 valence electrons. The summed E-state index contributed by atoms with van der Waals surface area (Å²) in [5.74, 6) is 0.315. The number of rotatable bonds is 4. The molecule has 4 heterocycles. The molecule has 1 amide bonds. The number of nitrogens with one attached hydrogen (secondary N) is 1. The van der Waals surface area contributed by atoms with E-state index in [1.165, 1.54) is 5.69 Å². The van der Waals surface area contributed by atoms with E-state index in [9.17, 15) is 4.79 Å². The molecule has 1 saturated heterocycles. The number of pyridine rings is 1. The minimum atomic E-state index is -0.244. The van der Waals surface area contributed by atoms with Crippen LogP contribution < -0.4 is 10.2 Å². The predicted molar refractivity (Wildman–Crippen MR) is 123 cm³/mol. The number of furan rings is 1. The van der Waals surface area contributed by atoms with E-state index in [1.54, 1.807) is 31.4 Å². The Morgan fingerprint density at radius 2 is 1.91 bits per heavy atom. The number of aromatic nitrogens is 2. The normalized spacial score (nSPS) is 14.8. The van der Waals surface area contributed by atoms with Crippen LogP contribution in [0.5, 0.6) is 0 Å². The third-order valence-corrected chi connectivity index (χ3v) is 5.96. The molecular weight excluding hydrogens is 406 g/mol. The minimum Gasteiger partial charge on any atom is -0.463 e. The van der Waals surface area contributed by atoms with Gasteiger partial charge in [0.15, 0.2) is 5.76 Å². The fraction of sp³-hybridized carbons (Fsp3) is 0.292. The van der Waals surface area contributed by atoms with Gasteiger partial charge in [-0.15, -0.1) is 0 Å². The zero-order chi connectivity index (χ0) is 22.2. The Hall–Kier alpha value is -3.65. The van der Waals surface area contributed by atoms with E-state index in [-0.39, 0.29) is 5.91 Å². The molecule has 1 fully saturated rings. The fourth-order valence-corrected chi connectivity index (χ4v) is 4.06. The van der Waals surface area contributed by atoms with Gasteiger partial charge in [-0.25, -0.2) is 4.98 Å². The number of carbonyl (C=O) groups excluding carboxylic acids is 1. The minimum absolute atomic E-state index is 0.244. The SMILES string of the molecule is Cc1cc(N2CCN(C)CC2)ccc1NC(=O)c1cc(-c2ccco2)nc2onc(C)c12. The fourth-order valence-electron chi connectivity index (χ4n) is 4.06. The molecule has 1 aromatic carbocycles. The molecule has 32 heavy (non-hydrogen) atoms. The number of benzene rings is 1. The molecule has 0 aliphatic carbocycles. The number of piperazine rings is 1. The molecule has 0 atom stereocenters. The van der Waals surface area contributed by atoms with Gasteiger partial charge in [0.1, 0.15) is 5.69 Å². The molecular formula is C24H25N5O3. The van der Waals surface area contributed by atoms with Gasteiger partial charge in [0.05, 0.1) is 22.9 Å². The van der Waals surface area contributed by atoms with E-state index in [4.69, 9.17) is 8.94 Å². The molecule has 1 N–H and O–H groups in total. The van der Waals surface area contributed by atoms with Gasteiger partial charge in [-0.3, -0.25) is 4.79 Å². The number of likely N-dealkylation sites (N-methyl/N-ethyl adjacent to an activating group) is 1. The van der Waals surface area contributed by atoms with Gasteiger partial charge in [-0.2, -0.15) is 0 Å². The van der Waals surface area contributed by atoms with E-state index < -0.39 is 0 Å². The summed E-state index contributed by atoms with van der Waals surface area (Å²) < 4.78 is 10.8. The number of fused-ring (bicyclic) bond motifs is 1. The van der Waals surface area contributed by atoms with Crippen molar-refractivity contribution in [3.63, 3.8) is 0 Å². The van der Waals surface area contributed by atoms with E-state index in [0.717, 1.165) is 37.4 Å². The summed E-state index contributed by atoms with van der Waals surface area (Å²) in [5.41, 5.74) is 4.85. The van der Waals surface area contributed by atoms with Gasteiger partial charge in [0, 0.05) is 37.6 Å². The average Bonchev–Trinajstić information content (AvgIpc) is 3.45. The lowest BCUT2D eigenvalue weighted by Crippen LogP contribution is -2.44. The Bertz CT molecular complexity index is 1270. The van der Waals surface area contributed by atoms with Gasteiger partial charge in [0.25, 0.3) is 11.6 Å². The lowest BCUT2D eigenvalue weighted by molar-refractivity contribution is 0.102. The first-order valence-electron chi connectivity index (χ1n) is 10.7. The highest BCUT2D eigenvalue weighted by molar-refractivity contribution is 6.13. The largest absolute Gasteiger partial charge is 0.463 e. The highest BCUT2D eigenvalue weighted by atomic mass is 16.5. The number of hydrogen-bond donors (Lipinski definition) is 1. The van der Waals surface area contributed by atoms with Gasteiger partial charge < -0.3 is 24.1 Å². The zero-order valence-electron chi connectivity index (χ0n) is 18.4. The van der Waals surface area contributed by atoms with Gasteiger partial charge in [-0.1, -0.05) is 5.16 Å². The van der Waals surface area contributed by atoms with Crippen LogP contribution in [-0.2, 0) is 0 Å². The molecule has 0 spiro atoms. The maximum absolute atomic E-state index is 13.3. The first kappa shape index (κ1) is 20.3. The standard InChI is InChI=1S/C24H25N5O3/c1-15-13-17(29-10-8-28(3)9-11-29)6-7-19(15)25-23(30)18-14-20(21-5-4-12-31-21)26-24-22(18)16(2)27-32-24/h4-7,12-14H,8-11H2,1-3H3,(H,25,30). The molecule has 0 bridgehead atoms.